The molecule has 0 saturated carbocycles. The van der Waals surface area contributed by atoms with Gasteiger partial charge in [0.05, 0.1) is 7.11 Å². The van der Waals surface area contributed by atoms with Crippen LogP contribution in [0.5, 0.6) is 5.75 Å². The van der Waals surface area contributed by atoms with Crippen LogP contribution in [0.15, 0.2) is 24.3 Å². The van der Waals surface area contributed by atoms with Crippen LogP contribution >= 0.6 is 12.2 Å². The van der Waals surface area contributed by atoms with Crippen molar-refractivity contribution in [3.63, 3.8) is 0 Å². The van der Waals surface area contributed by atoms with Gasteiger partial charge in [-0.2, -0.15) is 5.10 Å². The Morgan fingerprint density at radius 2 is 2.28 bits per heavy atom. The Morgan fingerprint density at radius 1 is 1.44 bits per heavy atom. The first-order valence-corrected chi connectivity index (χ1v) is 6.42. The van der Waals surface area contributed by atoms with Gasteiger partial charge < -0.3 is 9.30 Å². The second kappa shape index (κ2) is 5.82. The average molecular weight is 263 g/mol. The summed E-state index contributed by atoms with van der Waals surface area (Å²) in [6.45, 7) is 3.03. The third-order valence-electron chi connectivity index (χ3n) is 2.78. The number of nitrogens with zero attached hydrogens (tertiary/aromatic N) is 2. The Morgan fingerprint density at radius 3 is 3.00 bits per heavy atom. The molecule has 1 N–H and O–H groups in total. The van der Waals surface area contributed by atoms with Gasteiger partial charge in [-0.25, -0.2) is 0 Å². The van der Waals surface area contributed by atoms with Crippen LogP contribution in [-0.4, -0.2) is 21.9 Å². The van der Waals surface area contributed by atoms with Crippen LogP contribution < -0.4 is 4.74 Å². The van der Waals surface area contributed by atoms with Crippen LogP contribution in [0.1, 0.15) is 24.7 Å². The van der Waals surface area contributed by atoms with Gasteiger partial charge in [0.25, 0.3) is 0 Å². The Balaban J connectivity index is 2.25. The van der Waals surface area contributed by atoms with Crippen LogP contribution in [0.3, 0.4) is 0 Å². The van der Waals surface area contributed by atoms with E-state index in [1.54, 1.807) is 7.11 Å². The minimum absolute atomic E-state index is 0.690. The number of aromatic nitrogens is 3. The summed E-state index contributed by atoms with van der Waals surface area (Å²) in [5.41, 5.74) is 1.17. The number of rotatable bonds is 5. The summed E-state index contributed by atoms with van der Waals surface area (Å²) in [4.78, 5) is 0. The van der Waals surface area contributed by atoms with Gasteiger partial charge in [0, 0.05) is 13.0 Å². The molecule has 0 aliphatic rings. The molecule has 96 valence electrons. The summed E-state index contributed by atoms with van der Waals surface area (Å²) in [6, 6.07) is 8.01. The van der Waals surface area contributed by atoms with E-state index in [1.807, 2.05) is 18.2 Å². The molecule has 0 bridgehead atoms. The molecular weight excluding hydrogens is 246 g/mol. The molecular formula is C13H17N3OS. The zero-order chi connectivity index (χ0) is 13.0. The highest BCUT2D eigenvalue weighted by Crippen LogP contribution is 2.15. The molecule has 0 fully saturated rings. The molecule has 1 aromatic heterocycles. The second-order valence-electron chi connectivity index (χ2n) is 4.12. The van der Waals surface area contributed by atoms with Crippen LogP contribution in [0.4, 0.5) is 0 Å². The lowest BCUT2D eigenvalue weighted by atomic mass is 10.1. The van der Waals surface area contributed by atoms with Crippen molar-refractivity contribution < 1.29 is 4.74 Å². The van der Waals surface area contributed by atoms with E-state index < -0.39 is 0 Å². The number of aromatic amines is 1. The van der Waals surface area contributed by atoms with Gasteiger partial charge in [0.1, 0.15) is 11.6 Å². The molecule has 1 aromatic carbocycles. The molecule has 0 radical (unpaired) electrons. The second-order valence-corrected chi connectivity index (χ2v) is 4.51. The molecule has 0 atom stereocenters. The number of nitrogens with one attached hydrogen (secondary N) is 1. The molecule has 5 heteroatoms. The van der Waals surface area contributed by atoms with Crippen molar-refractivity contribution in [1.82, 2.24) is 14.8 Å². The zero-order valence-corrected chi connectivity index (χ0v) is 11.5. The molecule has 2 aromatic rings. The van der Waals surface area contributed by atoms with Crippen LogP contribution in [-0.2, 0) is 13.0 Å². The number of hydrogen-bond acceptors (Lipinski definition) is 3. The highest BCUT2D eigenvalue weighted by Gasteiger charge is 2.06. The van der Waals surface area contributed by atoms with Crippen molar-refractivity contribution in [3.8, 4) is 5.75 Å². The fourth-order valence-electron chi connectivity index (χ4n) is 1.90. The van der Waals surface area contributed by atoms with E-state index in [2.05, 4.69) is 27.8 Å². The molecule has 4 nitrogen and oxygen atoms in total. The van der Waals surface area contributed by atoms with Crippen LogP contribution in [0, 0.1) is 4.77 Å². The summed E-state index contributed by atoms with van der Waals surface area (Å²) < 4.78 is 7.96. The highest BCUT2D eigenvalue weighted by atomic mass is 32.1. The summed E-state index contributed by atoms with van der Waals surface area (Å²) in [6.07, 6.45) is 1.79. The van der Waals surface area contributed by atoms with Crippen molar-refractivity contribution in [2.24, 2.45) is 0 Å². The van der Waals surface area contributed by atoms with Crippen molar-refractivity contribution in [1.29, 1.82) is 0 Å². The van der Waals surface area contributed by atoms with Crippen LogP contribution in [0.25, 0.3) is 0 Å². The quantitative estimate of drug-likeness (QED) is 0.843. The maximum Gasteiger partial charge on any atom is 0.195 e. The van der Waals surface area contributed by atoms with E-state index in [0.29, 0.717) is 4.77 Å². The van der Waals surface area contributed by atoms with E-state index in [1.165, 1.54) is 5.56 Å². The average Bonchev–Trinajstić information content (AvgIpc) is 2.72. The molecule has 0 unspecified atom stereocenters. The van der Waals surface area contributed by atoms with Crippen molar-refractivity contribution in [2.45, 2.75) is 26.3 Å². The molecule has 0 aliphatic heterocycles. The molecule has 2 rings (SSSR count). The fourth-order valence-corrected chi connectivity index (χ4v) is 2.15. The standard InChI is InChI=1S/C13H17N3OS/c1-3-7-16-12(14-15-13(16)18)9-10-5-4-6-11(8-10)17-2/h4-6,8H,3,7,9H2,1-2H3,(H,15,18). The summed E-state index contributed by atoms with van der Waals surface area (Å²) in [7, 11) is 1.67. The zero-order valence-electron chi connectivity index (χ0n) is 10.6. The number of hydrogen-bond donors (Lipinski definition) is 1. The Kier molecular flexibility index (Phi) is 4.15. The van der Waals surface area contributed by atoms with Gasteiger partial charge in [-0.15, -0.1) is 0 Å². The topological polar surface area (TPSA) is 42.8 Å². The molecule has 0 aliphatic carbocycles. The minimum Gasteiger partial charge on any atom is -0.497 e. The monoisotopic (exact) mass is 263 g/mol. The predicted octanol–water partition coefficient (Wildman–Crippen LogP) is 2.95. The molecule has 0 spiro atoms. The molecule has 0 saturated heterocycles. The smallest absolute Gasteiger partial charge is 0.195 e. The fraction of sp³-hybridized carbons (Fsp3) is 0.385. The van der Waals surface area contributed by atoms with Crippen molar-refractivity contribution >= 4 is 12.2 Å². The number of benzene rings is 1. The van der Waals surface area contributed by atoms with Gasteiger partial charge >= 0.3 is 0 Å². The van der Waals surface area contributed by atoms with Gasteiger partial charge in [0.15, 0.2) is 4.77 Å². The predicted molar refractivity (Wildman–Crippen MR) is 73.5 cm³/mol. The van der Waals surface area contributed by atoms with Gasteiger partial charge in [-0.05, 0) is 36.3 Å². The molecule has 1 heterocycles. The number of ether oxygens (including phenoxy) is 1. The van der Waals surface area contributed by atoms with Crippen molar-refractivity contribution in [3.05, 3.63) is 40.4 Å². The SMILES string of the molecule is CCCn1c(Cc2cccc(OC)c2)n[nH]c1=S. The third kappa shape index (κ3) is 2.79. The summed E-state index contributed by atoms with van der Waals surface area (Å²) in [5, 5.41) is 7.15. The normalized spacial score (nSPS) is 10.6. The Bertz CT molecular complexity index is 574. The number of methoxy groups -OCH3 is 1. The van der Waals surface area contributed by atoms with Crippen LogP contribution in [0.2, 0.25) is 0 Å². The Labute approximate surface area is 112 Å². The van der Waals surface area contributed by atoms with E-state index >= 15 is 0 Å². The first kappa shape index (κ1) is 12.8. The summed E-state index contributed by atoms with van der Waals surface area (Å²) >= 11 is 5.22. The first-order chi connectivity index (χ1) is 8.74. The third-order valence-corrected chi connectivity index (χ3v) is 3.09. The molecule has 0 amide bonds. The summed E-state index contributed by atoms with van der Waals surface area (Å²) in [5.74, 6) is 1.83. The van der Waals surface area contributed by atoms with E-state index in [4.69, 9.17) is 17.0 Å². The maximum absolute atomic E-state index is 5.22. The lowest BCUT2D eigenvalue weighted by molar-refractivity contribution is 0.414. The minimum atomic E-state index is 0.690. The Hall–Kier alpha value is -1.62. The largest absolute Gasteiger partial charge is 0.497 e. The van der Waals surface area contributed by atoms with Gasteiger partial charge in [0.2, 0.25) is 0 Å². The lowest BCUT2D eigenvalue weighted by Gasteiger charge is -2.06. The number of H-pyrrole nitrogens is 1. The van der Waals surface area contributed by atoms with Gasteiger partial charge in [-0.1, -0.05) is 19.1 Å². The highest BCUT2D eigenvalue weighted by molar-refractivity contribution is 7.71. The lowest BCUT2D eigenvalue weighted by Crippen LogP contribution is -2.04. The maximum atomic E-state index is 5.22. The van der Waals surface area contributed by atoms with E-state index in [9.17, 15) is 0 Å². The van der Waals surface area contributed by atoms with Crippen molar-refractivity contribution in [2.75, 3.05) is 7.11 Å². The van der Waals surface area contributed by atoms with E-state index in [0.717, 1.165) is 31.0 Å². The van der Waals surface area contributed by atoms with Gasteiger partial charge in [-0.3, -0.25) is 5.10 Å². The molecule has 18 heavy (non-hydrogen) atoms. The van der Waals surface area contributed by atoms with E-state index in [-0.39, 0.29) is 0 Å². The first-order valence-electron chi connectivity index (χ1n) is 6.01.